The molecule has 2 fully saturated rings. The molecular formula is C32H42N8O3. The summed E-state index contributed by atoms with van der Waals surface area (Å²) in [4.78, 5) is 39.4. The molecule has 1 aliphatic heterocycles. The van der Waals surface area contributed by atoms with Gasteiger partial charge < -0.3 is 26.4 Å². The molecule has 1 unspecified atom stereocenters. The highest BCUT2D eigenvalue weighted by molar-refractivity contribution is 6.04. The molecule has 43 heavy (non-hydrogen) atoms. The number of carbonyl (C=O) groups is 2. The van der Waals surface area contributed by atoms with Crippen LogP contribution in [0.15, 0.2) is 82.7 Å². The van der Waals surface area contributed by atoms with E-state index in [0.29, 0.717) is 34.3 Å². The Morgan fingerprint density at radius 3 is 2.56 bits per heavy atom. The van der Waals surface area contributed by atoms with Gasteiger partial charge in [0.25, 0.3) is 5.91 Å². The van der Waals surface area contributed by atoms with Crippen LogP contribution in [0, 0.1) is 0 Å². The number of nitrogens with one attached hydrogen (secondary N) is 1. The number of nitrogen functional groups attached to an aromatic ring is 1. The lowest BCUT2D eigenvalue weighted by Gasteiger charge is -2.14. The van der Waals surface area contributed by atoms with Crippen molar-refractivity contribution in [2.24, 2.45) is 15.7 Å². The molecule has 2 aromatic rings. The van der Waals surface area contributed by atoms with Crippen LogP contribution in [-0.4, -0.2) is 85.3 Å². The standard InChI is InChI=1S/C24H29N7O2.C8H13NO/c1-15(2)13-20(27-3)30-24(32)16-5-7-18(8-6-16)33-19-9-11-28-22(25)21(19)23(26)29-17-10-12-31(4)14-17;1-9(8-4-5-8)6-2-3-7-10/h5-9,11,13,17H,1,3,10,12,14H2,2,4H3,(H2,25,28)(H2,26,29)(H,30,32);2-3,7-8H,4-6H2,1H3/b20-13+;3-2+. The first-order valence-electron chi connectivity index (χ1n) is 14.1. The Hall–Kier alpha value is -4.61. The molecule has 5 N–H and O–H groups in total. The van der Waals surface area contributed by atoms with E-state index < -0.39 is 0 Å². The predicted octanol–water partition coefficient (Wildman–Crippen LogP) is 3.55. The maximum absolute atomic E-state index is 12.5. The molecule has 0 bridgehead atoms. The number of rotatable bonds is 12. The Bertz CT molecular complexity index is 1380. The van der Waals surface area contributed by atoms with Crippen LogP contribution in [0.25, 0.3) is 0 Å². The summed E-state index contributed by atoms with van der Waals surface area (Å²) in [5.41, 5.74) is 14.0. The molecule has 1 saturated carbocycles. The molecule has 1 amide bonds. The lowest BCUT2D eigenvalue weighted by atomic mass is 10.2. The van der Waals surface area contributed by atoms with E-state index >= 15 is 0 Å². The Kier molecular flexibility index (Phi) is 12.3. The van der Waals surface area contributed by atoms with Gasteiger partial charge in [0.15, 0.2) is 0 Å². The van der Waals surface area contributed by atoms with Crippen molar-refractivity contribution < 1.29 is 14.3 Å². The number of nitrogens with zero attached hydrogens (tertiary/aromatic N) is 5. The number of allylic oxidation sites excluding steroid dienone is 3. The Labute approximate surface area is 253 Å². The zero-order valence-electron chi connectivity index (χ0n) is 25.2. The van der Waals surface area contributed by atoms with E-state index in [0.717, 1.165) is 44.0 Å². The first-order chi connectivity index (χ1) is 20.6. The summed E-state index contributed by atoms with van der Waals surface area (Å²) < 4.78 is 6.01. The molecule has 228 valence electrons. The van der Waals surface area contributed by atoms with Gasteiger partial charge in [-0.05, 0) is 90.0 Å². The fourth-order valence-electron chi connectivity index (χ4n) is 4.37. The first kappa shape index (κ1) is 32.9. The van der Waals surface area contributed by atoms with Gasteiger partial charge in [0.05, 0.1) is 6.04 Å². The number of aldehydes is 1. The van der Waals surface area contributed by atoms with E-state index in [1.807, 2.05) is 13.1 Å². The minimum absolute atomic E-state index is 0.106. The number of carbonyl (C=O) groups excluding carboxylic acids is 2. The van der Waals surface area contributed by atoms with Crippen molar-refractivity contribution in [3.63, 3.8) is 0 Å². The number of aromatic nitrogens is 1. The number of pyridine rings is 1. The van der Waals surface area contributed by atoms with E-state index in [4.69, 9.17) is 16.2 Å². The number of nitrogens with two attached hydrogens (primary N) is 2. The van der Waals surface area contributed by atoms with Gasteiger partial charge in [-0.25, -0.2) is 9.98 Å². The van der Waals surface area contributed by atoms with E-state index in [1.165, 1.54) is 12.8 Å². The highest BCUT2D eigenvalue weighted by atomic mass is 16.5. The van der Waals surface area contributed by atoms with Crippen molar-refractivity contribution in [3.05, 3.63) is 83.9 Å². The number of hydrogen-bond donors (Lipinski definition) is 3. The molecule has 4 rings (SSSR count). The topological polar surface area (TPSA) is 152 Å². The van der Waals surface area contributed by atoms with Crippen molar-refractivity contribution in [1.29, 1.82) is 0 Å². The molecule has 1 aromatic carbocycles. The molecular weight excluding hydrogens is 544 g/mol. The van der Waals surface area contributed by atoms with Gasteiger partial charge in [0.2, 0.25) is 0 Å². The summed E-state index contributed by atoms with van der Waals surface area (Å²) in [6.07, 6.45) is 11.0. The van der Waals surface area contributed by atoms with Crippen LogP contribution in [0.5, 0.6) is 11.5 Å². The SMILES string of the molecule is C=N/C(=C\C(=C)C)NC(=O)c1ccc(Oc2ccnc(N)c2C(N)=NC2CCN(C)C2)cc1.CN(C/C=C/C=O)C1CC1. The minimum Gasteiger partial charge on any atom is -0.456 e. The molecule has 2 aliphatic rings. The van der Waals surface area contributed by atoms with E-state index in [2.05, 4.69) is 50.4 Å². The zero-order valence-corrected chi connectivity index (χ0v) is 25.2. The van der Waals surface area contributed by atoms with E-state index in [-0.39, 0.29) is 17.8 Å². The molecule has 11 heteroatoms. The number of benzene rings is 1. The number of likely N-dealkylation sites (tertiary alicyclic amines) is 1. The molecule has 2 heterocycles. The lowest BCUT2D eigenvalue weighted by molar-refractivity contribution is -0.104. The van der Waals surface area contributed by atoms with Crippen LogP contribution in [0.3, 0.4) is 0 Å². The normalized spacial score (nSPS) is 17.3. The molecule has 1 aliphatic carbocycles. The average molecular weight is 587 g/mol. The number of aliphatic imine (C=N–C) groups is 2. The van der Waals surface area contributed by atoms with Crippen LogP contribution in [-0.2, 0) is 4.79 Å². The minimum atomic E-state index is -0.326. The third-order valence-corrected chi connectivity index (χ3v) is 6.80. The smallest absolute Gasteiger partial charge is 0.256 e. The monoisotopic (exact) mass is 586 g/mol. The third kappa shape index (κ3) is 10.6. The second-order valence-electron chi connectivity index (χ2n) is 10.6. The highest BCUT2D eigenvalue weighted by Crippen LogP contribution is 2.29. The number of anilines is 1. The summed E-state index contributed by atoms with van der Waals surface area (Å²) in [5.74, 6) is 1.48. The Morgan fingerprint density at radius 1 is 1.26 bits per heavy atom. The second-order valence-corrected chi connectivity index (χ2v) is 10.6. The Morgan fingerprint density at radius 2 is 1.98 bits per heavy atom. The summed E-state index contributed by atoms with van der Waals surface area (Å²) in [7, 11) is 4.14. The predicted molar refractivity (Wildman–Crippen MR) is 173 cm³/mol. The third-order valence-electron chi connectivity index (χ3n) is 6.80. The maximum Gasteiger partial charge on any atom is 0.256 e. The molecule has 11 nitrogen and oxygen atoms in total. The fraction of sp³-hybridized carbons (Fsp3) is 0.344. The van der Waals surface area contributed by atoms with Crippen molar-refractivity contribution in [1.82, 2.24) is 20.1 Å². The van der Waals surface area contributed by atoms with Crippen LogP contribution in [0.2, 0.25) is 0 Å². The van der Waals surface area contributed by atoms with E-state index in [1.54, 1.807) is 55.6 Å². The lowest BCUT2D eigenvalue weighted by Crippen LogP contribution is -2.22. The summed E-state index contributed by atoms with van der Waals surface area (Å²) in [6.45, 7) is 11.7. The molecule has 0 radical (unpaired) electrons. The average Bonchev–Trinajstić information content (AvgIpc) is 3.75. The second kappa shape index (κ2) is 16.1. The van der Waals surface area contributed by atoms with Crippen molar-refractivity contribution in [2.45, 2.75) is 38.3 Å². The molecule has 1 atom stereocenters. The van der Waals surface area contributed by atoms with Gasteiger partial charge in [-0.1, -0.05) is 18.2 Å². The summed E-state index contributed by atoms with van der Waals surface area (Å²) in [6, 6.07) is 9.21. The van der Waals surface area contributed by atoms with Crippen molar-refractivity contribution >= 4 is 30.6 Å². The van der Waals surface area contributed by atoms with Crippen LogP contribution < -0.4 is 21.5 Å². The van der Waals surface area contributed by atoms with Gasteiger partial charge in [0.1, 0.15) is 40.8 Å². The largest absolute Gasteiger partial charge is 0.456 e. The number of amidine groups is 1. The number of hydrogen-bond acceptors (Lipinski definition) is 9. The number of likely N-dealkylation sites (N-methyl/N-ethyl adjacent to an activating group) is 2. The zero-order chi connectivity index (χ0) is 31.4. The van der Waals surface area contributed by atoms with Gasteiger partial charge in [0, 0.05) is 37.0 Å². The fourth-order valence-corrected chi connectivity index (χ4v) is 4.37. The molecule has 1 aromatic heterocycles. The quantitative estimate of drug-likeness (QED) is 0.112. The van der Waals surface area contributed by atoms with Crippen molar-refractivity contribution in [2.75, 3.05) is 39.5 Å². The highest BCUT2D eigenvalue weighted by Gasteiger charge is 2.25. The van der Waals surface area contributed by atoms with Gasteiger partial charge in [-0.3, -0.25) is 19.5 Å². The van der Waals surface area contributed by atoms with E-state index in [9.17, 15) is 9.59 Å². The summed E-state index contributed by atoms with van der Waals surface area (Å²) in [5, 5.41) is 2.68. The Balaban J connectivity index is 0.000000428. The summed E-state index contributed by atoms with van der Waals surface area (Å²) >= 11 is 0. The molecule has 1 saturated heterocycles. The van der Waals surface area contributed by atoms with Crippen LogP contribution >= 0.6 is 0 Å². The van der Waals surface area contributed by atoms with Crippen LogP contribution in [0.1, 0.15) is 42.1 Å². The first-order valence-corrected chi connectivity index (χ1v) is 14.1. The maximum atomic E-state index is 12.5. The molecule has 0 spiro atoms. The van der Waals surface area contributed by atoms with Gasteiger partial charge >= 0.3 is 0 Å². The number of ether oxygens (including phenoxy) is 1. The van der Waals surface area contributed by atoms with Gasteiger partial charge in [-0.15, -0.1) is 0 Å². The van der Waals surface area contributed by atoms with Gasteiger partial charge in [-0.2, -0.15) is 0 Å². The van der Waals surface area contributed by atoms with Crippen molar-refractivity contribution in [3.8, 4) is 11.5 Å². The van der Waals surface area contributed by atoms with Crippen LogP contribution in [0.4, 0.5) is 5.82 Å². The number of amides is 1.